The van der Waals surface area contributed by atoms with Crippen molar-refractivity contribution in [1.82, 2.24) is 9.97 Å². The van der Waals surface area contributed by atoms with Crippen molar-refractivity contribution in [3.63, 3.8) is 0 Å². The van der Waals surface area contributed by atoms with E-state index >= 15 is 0 Å². The lowest BCUT2D eigenvalue weighted by atomic mass is 10.3. The van der Waals surface area contributed by atoms with E-state index < -0.39 is 10.0 Å². The molecule has 0 fully saturated rings. The van der Waals surface area contributed by atoms with Crippen LogP contribution in [0.25, 0.3) is 11.0 Å². The number of fused-ring (bicyclic) bond motifs is 1. The van der Waals surface area contributed by atoms with E-state index in [0.717, 1.165) is 4.47 Å². The lowest BCUT2D eigenvalue weighted by Gasteiger charge is -2.14. The van der Waals surface area contributed by atoms with Crippen LogP contribution in [-0.4, -0.2) is 18.4 Å². The molecule has 0 radical (unpaired) electrons. The summed E-state index contributed by atoms with van der Waals surface area (Å²) >= 11 is 3.29. The van der Waals surface area contributed by atoms with E-state index in [-0.39, 0.29) is 22.3 Å². The fraction of sp³-hybridized carbons (Fsp3) is 0. The zero-order valence-electron chi connectivity index (χ0n) is 14.8. The number of anilines is 3. The lowest BCUT2D eigenvalue weighted by molar-refractivity contribution is 0.601. The summed E-state index contributed by atoms with van der Waals surface area (Å²) in [5.41, 5.74) is 1.66. The average molecular weight is 473 g/mol. The Labute approximate surface area is 175 Å². The highest BCUT2D eigenvalue weighted by molar-refractivity contribution is 9.10. The molecule has 0 bridgehead atoms. The molecular weight excluding hydrogens is 459 g/mol. The Morgan fingerprint density at radius 3 is 2.00 bits per heavy atom. The third-order valence-electron chi connectivity index (χ3n) is 4.03. The number of hydrogen-bond donors (Lipinski definition) is 2. The Morgan fingerprint density at radius 2 is 1.38 bits per heavy atom. The van der Waals surface area contributed by atoms with Crippen molar-refractivity contribution in [1.29, 1.82) is 0 Å². The molecule has 1 aromatic heterocycles. The van der Waals surface area contributed by atoms with Crippen LogP contribution in [0.1, 0.15) is 0 Å². The first-order valence-corrected chi connectivity index (χ1v) is 10.8. The number of hydrogen-bond acceptors (Lipinski definition) is 5. The summed E-state index contributed by atoms with van der Waals surface area (Å²) in [5.74, 6) is -0.136. The van der Waals surface area contributed by atoms with Gasteiger partial charge < -0.3 is 5.32 Å². The second-order valence-electron chi connectivity index (χ2n) is 6.10. The van der Waals surface area contributed by atoms with Crippen LogP contribution < -0.4 is 10.0 Å². The Morgan fingerprint density at radius 1 is 0.793 bits per heavy atom. The number of sulfonamides is 1. The summed E-state index contributed by atoms with van der Waals surface area (Å²) in [6.45, 7) is 0. The molecule has 1 heterocycles. The standard InChI is InChI=1S/C20H14BrFN4O2S/c21-13-5-11-16(12-6-13)29(27,28)26-20-19(23-15-9-7-14(22)8-10-15)24-17-3-1-2-4-18(17)25-20/h1-12H,(H,23,24)(H,25,26). The van der Waals surface area contributed by atoms with Crippen molar-refractivity contribution in [2.24, 2.45) is 0 Å². The largest absolute Gasteiger partial charge is 0.337 e. The van der Waals surface area contributed by atoms with Gasteiger partial charge in [0, 0.05) is 10.2 Å². The number of aromatic nitrogens is 2. The first kappa shape index (κ1) is 19.3. The molecule has 0 unspecified atom stereocenters. The first-order valence-electron chi connectivity index (χ1n) is 8.48. The number of para-hydroxylation sites is 2. The molecule has 4 aromatic rings. The summed E-state index contributed by atoms with van der Waals surface area (Å²) in [6.07, 6.45) is 0. The minimum absolute atomic E-state index is 0.0379. The lowest BCUT2D eigenvalue weighted by Crippen LogP contribution is -2.16. The van der Waals surface area contributed by atoms with E-state index in [0.29, 0.717) is 16.7 Å². The van der Waals surface area contributed by atoms with E-state index in [1.54, 1.807) is 30.3 Å². The SMILES string of the molecule is O=S(=O)(Nc1nc2ccccc2nc1Nc1ccc(F)cc1)c1ccc(Br)cc1. The topological polar surface area (TPSA) is 84.0 Å². The Balaban J connectivity index is 1.77. The van der Waals surface area contributed by atoms with Gasteiger partial charge in [-0.15, -0.1) is 0 Å². The van der Waals surface area contributed by atoms with Crippen molar-refractivity contribution in [2.45, 2.75) is 4.90 Å². The molecule has 0 spiro atoms. The molecule has 0 saturated carbocycles. The fourth-order valence-corrected chi connectivity index (χ4v) is 3.90. The van der Waals surface area contributed by atoms with Crippen molar-refractivity contribution in [3.05, 3.63) is 83.1 Å². The van der Waals surface area contributed by atoms with Gasteiger partial charge in [-0.3, -0.25) is 4.72 Å². The van der Waals surface area contributed by atoms with Gasteiger partial charge in [-0.1, -0.05) is 28.1 Å². The van der Waals surface area contributed by atoms with E-state index in [1.165, 1.54) is 36.4 Å². The quantitative estimate of drug-likeness (QED) is 0.423. The van der Waals surface area contributed by atoms with Crippen LogP contribution in [-0.2, 0) is 10.0 Å². The molecule has 4 rings (SSSR count). The van der Waals surface area contributed by atoms with Gasteiger partial charge >= 0.3 is 0 Å². The predicted molar refractivity (Wildman–Crippen MR) is 114 cm³/mol. The van der Waals surface area contributed by atoms with Crippen LogP contribution in [0.4, 0.5) is 21.7 Å². The Kier molecular flexibility index (Phi) is 5.16. The molecule has 3 aromatic carbocycles. The predicted octanol–water partition coefficient (Wildman–Crippen LogP) is 5.08. The minimum atomic E-state index is -3.89. The highest BCUT2D eigenvalue weighted by Gasteiger charge is 2.19. The van der Waals surface area contributed by atoms with Crippen molar-refractivity contribution in [3.8, 4) is 0 Å². The molecule has 9 heteroatoms. The van der Waals surface area contributed by atoms with Gasteiger partial charge in [0.15, 0.2) is 11.6 Å². The molecule has 6 nitrogen and oxygen atoms in total. The minimum Gasteiger partial charge on any atom is -0.337 e. The van der Waals surface area contributed by atoms with Crippen LogP contribution in [0, 0.1) is 5.82 Å². The molecule has 146 valence electrons. The monoisotopic (exact) mass is 472 g/mol. The average Bonchev–Trinajstić information content (AvgIpc) is 2.70. The van der Waals surface area contributed by atoms with Gasteiger partial charge in [0.2, 0.25) is 0 Å². The van der Waals surface area contributed by atoms with Gasteiger partial charge in [0.05, 0.1) is 15.9 Å². The van der Waals surface area contributed by atoms with Gasteiger partial charge in [-0.2, -0.15) is 0 Å². The van der Waals surface area contributed by atoms with Crippen molar-refractivity contribution < 1.29 is 12.8 Å². The first-order chi connectivity index (χ1) is 13.9. The normalized spacial score (nSPS) is 11.4. The molecule has 0 aliphatic heterocycles. The summed E-state index contributed by atoms with van der Waals surface area (Å²) in [5, 5.41) is 3.00. The van der Waals surface area contributed by atoms with Gasteiger partial charge in [-0.25, -0.2) is 22.8 Å². The van der Waals surface area contributed by atoms with E-state index in [2.05, 4.69) is 35.9 Å². The molecular formula is C20H14BrFN4O2S. The van der Waals surface area contributed by atoms with Crippen LogP contribution in [0.2, 0.25) is 0 Å². The maximum atomic E-state index is 13.2. The second kappa shape index (κ2) is 7.76. The van der Waals surface area contributed by atoms with Crippen LogP contribution in [0.3, 0.4) is 0 Å². The zero-order chi connectivity index (χ0) is 20.4. The van der Waals surface area contributed by atoms with Crippen LogP contribution in [0.15, 0.2) is 82.2 Å². The maximum Gasteiger partial charge on any atom is 0.263 e. The highest BCUT2D eigenvalue weighted by Crippen LogP contribution is 2.27. The Bertz CT molecular complexity index is 1280. The Hall–Kier alpha value is -3.04. The van der Waals surface area contributed by atoms with Crippen molar-refractivity contribution in [2.75, 3.05) is 10.0 Å². The molecule has 0 saturated heterocycles. The van der Waals surface area contributed by atoms with E-state index in [1.807, 2.05) is 6.07 Å². The molecule has 2 N–H and O–H groups in total. The summed E-state index contributed by atoms with van der Waals surface area (Å²) in [7, 11) is -3.89. The smallest absolute Gasteiger partial charge is 0.263 e. The number of halogens is 2. The van der Waals surface area contributed by atoms with Gasteiger partial charge in [0.1, 0.15) is 5.82 Å². The molecule has 0 amide bonds. The molecule has 0 aliphatic rings. The number of rotatable bonds is 5. The van der Waals surface area contributed by atoms with Gasteiger partial charge in [-0.05, 0) is 60.7 Å². The molecule has 29 heavy (non-hydrogen) atoms. The maximum absolute atomic E-state index is 13.2. The number of nitrogens with one attached hydrogen (secondary N) is 2. The molecule has 0 aliphatic carbocycles. The van der Waals surface area contributed by atoms with Crippen molar-refractivity contribution >= 4 is 54.3 Å². The summed E-state index contributed by atoms with van der Waals surface area (Å²) in [4.78, 5) is 8.99. The van der Waals surface area contributed by atoms with Crippen LogP contribution >= 0.6 is 15.9 Å². The number of nitrogens with zero attached hydrogens (tertiary/aromatic N) is 2. The highest BCUT2D eigenvalue weighted by atomic mass is 79.9. The second-order valence-corrected chi connectivity index (χ2v) is 8.70. The molecule has 0 atom stereocenters. The summed E-state index contributed by atoms with van der Waals surface area (Å²) < 4.78 is 42.1. The summed E-state index contributed by atoms with van der Waals surface area (Å²) in [6, 6.07) is 19.0. The van der Waals surface area contributed by atoms with E-state index in [4.69, 9.17) is 0 Å². The third kappa shape index (κ3) is 4.36. The van der Waals surface area contributed by atoms with E-state index in [9.17, 15) is 12.8 Å². The number of benzene rings is 3. The third-order valence-corrected chi connectivity index (χ3v) is 5.92. The van der Waals surface area contributed by atoms with Gasteiger partial charge in [0.25, 0.3) is 10.0 Å². The fourth-order valence-electron chi connectivity index (χ4n) is 2.63. The zero-order valence-corrected chi connectivity index (χ0v) is 17.2. The van der Waals surface area contributed by atoms with Crippen LogP contribution in [0.5, 0.6) is 0 Å².